The number of aromatic nitrogens is 2. The number of alkyl halides is 3. The second-order valence-corrected chi connectivity index (χ2v) is 9.05. The fraction of sp³-hybridized carbons (Fsp3) is 0.385. The molecule has 0 spiro atoms. The van der Waals surface area contributed by atoms with E-state index in [0.29, 0.717) is 36.2 Å². The van der Waals surface area contributed by atoms with E-state index in [9.17, 15) is 22.4 Å². The Hall–Kier alpha value is -3.16. The zero-order valence-electron chi connectivity index (χ0n) is 19.1. The highest BCUT2D eigenvalue weighted by molar-refractivity contribution is 5.92. The molecule has 4 rings (SSSR count). The number of amides is 1. The number of halogens is 4. The number of imidazole rings is 1. The smallest absolute Gasteiger partial charge is 0.348 e. The molecule has 1 aliphatic heterocycles. The molecule has 0 saturated carbocycles. The van der Waals surface area contributed by atoms with Crippen LogP contribution in [0.4, 0.5) is 17.6 Å². The van der Waals surface area contributed by atoms with Gasteiger partial charge in [-0.3, -0.25) is 4.79 Å². The summed E-state index contributed by atoms with van der Waals surface area (Å²) in [4.78, 5) is 17.2. The SMILES string of the molecule is Cc1cc(C2CCc3nc(C(=O)NC(C)CCc4cccc(C(F)(F)F)c4)cn3C2)ccc1F. The summed E-state index contributed by atoms with van der Waals surface area (Å²) in [6, 6.07) is 10.2. The number of benzene rings is 2. The molecule has 2 unspecified atom stereocenters. The first-order valence-corrected chi connectivity index (χ1v) is 11.4. The average molecular weight is 474 g/mol. The first-order valence-electron chi connectivity index (χ1n) is 11.4. The van der Waals surface area contributed by atoms with Gasteiger partial charge in [0, 0.05) is 31.1 Å². The van der Waals surface area contributed by atoms with Crippen LogP contribution in [0.2, 0.25) is 0 Å². The topological polar surface area (TPSA) is 46.9 Å². The van der Waals surface area contributed by atoms with E-state index in [1.807, 2.05) is 23.6 Å². The Labute approximate surface area is 196 Å². The van der Waals surface area contributed by atoms with Crippen LogP contribution in [0.5, 0.6) is 0 Å². The third-order valence-corrected chi connectivity index (χ3v) is 6.38. The van der Waals surface area contributed by atoms with Crippen LogP contribution in [0, 0.1) is 12.7 Å². The summed E-state index contributed by atoms with van der Waals surface area (Å²) in [5.74, 6) is 0.553. The van der Waals surface area contributed by atoms with Gasteiger partial charge in [0.15, 0.2) is 0 Å². The largest absolute Gasteiger partial charge is 0.416 e. The van der Waals surface area contributed by atoms with Crippen LogP contribution >= 0.6 is 0 Å². The van der Waals surface area contributed by atoms with E-state index in [1.165, 1.54) is 12.1 Å². The first-order chi connectivity index (χ1) is 16.1. The lowest BCUT2D eigenvalue weighted by molar-refractivity contribution is -0.137. The van der Waals surface area contributed by atoms with Gasteiger partial charge in [-0.05, 0) is 61.9 Å². The Kier molecular flexibility index (Phi) is 6.77. The minimum absolute atomic E-state index is 0.219. The van der Waals surface area contributed by atoms with Crippen LogP contribution in [0.1, 0.15) is 64.2 Å². The average Bonchev–Trinajstić information content (AvgIpc) is 3.23. The second kappa shape index (κ2) is 9.60. The molecule has 1 aromatic heterocycles. The number of fused-ring (bicyclic) bond motifs is 1. The molecule has 0 saturated heterocycles. The summed E-state index contributed by atoms with van der Waals surface area (Å²) in [5, 5.41) is 2.90. The van der Waals surface area contributed by atoms with E-state index in [-0.39, 0.29) is 23.7 Å². The maximum absolute atomic E-state index is 13.6. The van der Waals surface area contributed by atoms with Crippen LogP contribution < -0.4 is 5.32 Å². The van der Waals surface area contributed by atoms with Gasteiger partial charge in [0.2, 0.25) is 0 Å². The van der Waals surface area contributed by atoms with Crippen LogP contribution in [-0.2, 0) is 25.6 Å². The summed E-state index contributed by atoms with van der Waals surface area (Å²) in [7, 11) is 0. The van der Waals surface area contributed by atoms with Crippen molar-refractivity contribution in [2.75, 3.05) is 0 Å². The monoisotopic (exact) mass is 473 g/mol. The lowest BCUT2D eigenvalue weighted by Crippen LogP contribution is -2.33. The summed E-state index contributed by atoms with van der Waals surface area (Å²) in [5.41, 5.74) is 1.94. The van der Waals surface area contributed by atoms with Gasteiger partial charge in [0.25, 0.3) is 5.91 Å². The van der Waals surface area contributed by atoms with E-state index in [0.717, 1.165) is 36.4 Å². The number of hydrogen-bond donors (Lipinski definition) is 1. The van der Waals surface area contributed by atoms with Crippen molar-refractivity contribution in [3.63, 3.8) is 0 Å². The lowest BCUT2D eigenvalue weighted by Gasteiger charge is -2.24. The summed E-state index contributed by atoms with van der Waals surface area (Å²) >= 11 is 0. The number of nitrogens with zero attached hydrogens (tertiary/aromatic N) is 2. The number of carbonyl (C=O) groups is 1. The fourth-order valence-electron chi connectivity index (χ4n) is 4.40. The van der Waals surface area contributed by atoms with Crippen molar-refractivity contribution in [3.8, 4) is 0 Å². The number of aryl methyl sites for hydroxylation is 3. The zero-order valence-corrected chi connectivity index (χ0v) is 19.1. The Morgan fingerprint density at radius 2 is 2.03 bits per heavy atom. The molecule has 1 N–H and O–H groups in total. The highest BCUT2D eigenvalue weighted by Crippen LogP contribution is 2.31. The van der Waals surface area contributed by atoms with Crippen molar-refractivity contribution in [2.24, 2.45) is 0 Å². The maximum Gasteiger partial charge on any atom is 0.416 e. The summed E-state index contributed by atoms with van der Waals surface area (Å²) in [6.45, 7) is 4.25. The van der Waals surface area contributed by atoms with Gasteiger partial charge < -0.3 is 9.88 Å². The molecule has 1 aliphatic rings. The Morgan fingerprint density at radius 3 is 2.76 bits per heavy atom. The molecule has 2 heterocycles. The Balaban J connectivity index is 1.35. The van der Waals surface area contributed by atoms with Gasteiger partial charge in [-0.25, -0.2) is 9.37 Å². The van der Waals surface area contributed by atoms with Gasteiger partial charge in [-0.1, -0.05) is 30.3 Å². The zero-order chi connectivity index (χ0) is 24.5. The molecule has 0 radical (unpaired) electrons. The fourth-order valence-corrected chi connectivity index (χ4v) is 4.40. The van der Waals surface area contributed by atoms with Crippen LogP contribution in [-0.4, -0.2) is 21.5 Å². The van der Waals surface area contributed by atoms with Crippen LogP contribution in [0.3, 0.4) is 0 Å². The standard InChI is InChI=1S/C26H27F4N3O/c1-16-12-19(8-10-22(16)27)20-9-11-24-32-23(15-33(24)14-20)25(34)31-17(2)6-7-18-4-3-5-21(13-18)26(28,29)30/h3-5,8,10,12-13,15,17,20H,6-7,9,11,14H2,1-2H3,(H,31,34). The Morgan fingerprint density at radius 1 is 1.24 bits per heavy atom. The molecule has 0 bridgehead atoms. The molecule has 8 heteroatoms. The van der Waals surface area contributed by atoms with Crippen molar-refractivity contribution < 1.29 is 22.4 Å². The van der Waals surface area contributed by atoms with E-state index < -0.39 is 11.7 Å². The van der Waals surface area contributed by atoms with Gasteiger partial charge in [0.05, 0.1) is 5.56 Å². The summed E-state index contributed by atoms with van der Waals surface area (Å²) < 4.78 is 54.3. The summed E-state index contributed by atoms with van der Waals surface area (Å²) in [6.07, 6.45) is -0.107. The molecule has 0 aliphatic carbocycles. The minimum Gasteiger partial charge on any atom is -0.348 e. The molecule has 3 aromatic rings. The normalized spacial score (nSPS) is 16.7. The third kappa shape index (κ3) is 5.48. The van der Waals surface area contributed by atoms with E-state index in [2.05, 4.69) is 10.3 Å². The molecular formula is C26H27F4N3O. The highest BCUT2D eigenvalue weighted by atomic mass is 19.4. The predicted octanol–water partition coefficient (Wildman–Crippen LogP) is 5.83. The molecule has 2 aromatic carbocycles. The molecule has 1 amide bonds. The molecule has 180 valence electrons. The molecule has 2 atom stereocenters. The van der Waals surface area contributed by atoms with Gasteiger partial charge in [0.1, 0.15) is 17.3 Å². The molecule has 0 fully saturated rings. The van der Waals surface area contributed by atoms with Crippen molar-refractivity contribution in [1.29, 1.82) is 0 Å². The lowest BCUT2D eigenvalue weighted by atomic mass is 9.90. The number of nitrogens with one attached hydrogen (secondary N) is 1. The van der Waals surface area contributed by atoms with Crippen molar-refractivity contribution >= 4 is 5.91 Å². The first kappa shape index (κ1) is 24.0. The minimum atomic E-state index is -4.37. The maximum atomic E-state index is 13.6. The molecular weight excluding hydrogens is 446 g/mol. The van der Waals surface area contributed by atoms with E-state index in [4.69, 9.17) is 0 Å². The predicted molar refractivity (Wildman–Crippen MR) is 121 cm³/mol. The van der Waals surface area contributed by atoms with Gasteiger partial charge >= 0.3 is 6.18 Å². The van der Waals surface area contributed by atoms with Crippen molar-refractivity contribution in [3.05, 3.63) is 88.3 Å². The number of carbonyl (C=O) groups excluding carboxylic acids is 1. The number of hydrogen-bond acceptors (Lipinski definition) is 2. The quantitative estimate of drug-likeness (QED) is 0.458. The third-order valence-electron chi connectivity index (χ3n) is 6.38. The van der Waals surface area contributed by atoms with Crippen LogP contribution in [0.25, 0.3) is 0 Å². The van der Waals surface area contributed by atoms with Gasteiger partial charge in [-0.15, -0.1) is 0 Å². The highest BCUT2D eigenvalue weighted by Gasteiger charge is 2.30. The van der Waals surface area contributed by atoms with Crippen LogP contribution in [0.15, 0.2) is 48.7 Å². The van der Waals surface area contributed by atoms with Crippen molar-refractivity contribution in [1.82, 2.24) is 14.9 Å². The van der Waals surface area contributed by atoms with E-state index in [1.54, 1.807) is 19.2 Å². The van der Waals surface area contributed by atoms with Crippen molar-refractivity contribution in [2.45, 2.75) is 64.2 Å². The Bertz CT molecular complexity index is 1190. The van der Waals surface area contributed by atoms with E-state index >= 15 is 0 Å². The molecule has 34 heavy (non-hydrogen) atoms. The van der Waals surface area contributed by atoms with Gasteiger partial charge in [-0.2, -0.15) is 13.2 Å². The molecule has 4 nitrogen and oxygen atoms in total. The second-order valence-electron chi connectivity index (χ2n) is 9.05. The number of rotatable bonds is 6.